The van der Waals surface area contributed by atoms with E-state index in [0.717, 1.165) is 0 Å². The van der Waals surface area contributed by atoms with Gasteiger partial charge in [-0.25, -0.2) is 0 Å². The molecule has 0 unspecified atom stereocenters. The first-order chi connectivity index (χ1) is 6.81. The van der Waals surface area contributed by atoms with Gasteiger partial charge in [0, 0.05) is 0 Å². The molecule has 0 atom stereocenters. The van der Waals surface area contributed by atoms with Crippen molar-refractivity contribution in [1.29, 1.82) is 0 Å². The van der Waals surface area contributed by atoms with Crippen LogP contribution in [0.1, 0.15) is 0 Å². The Morgan fingerprint density at radius 1 is 0.688 bits per heavy atom. The molecule has 0 aliphatic heterocycles. The maximum atomic E-state index is 6.14. The molecule has 16 heavy (non-hydrogen) atoms. The van der Waals surface area contributed by atoms with Crippen LogP contribution >= 0.6 is 36.7 Å². The van der Waals surface area contributed by atoms with Crippen LogP contribution in [0.3, 0.4) is 0 Å². The molecular formula is C3H12FeN9S3. The molecule has 0 spiro atoms. The zero-order chi connectivity index (χ0) is 12.9. The topological polar surface area (TPSA) is 186 Å². The van der Waals surface area contributed by atoms with E-state index in [0.29, 0.717) is 0 Å². The third-order valence-electron chi connectivity index (χ3n) is 0.370. The summed E-state index contributed by atoms with van der Waals surface area (Å²) >= 11 is 12.5. The molecule has 1 radical (unpaired) electrons. The van der Waals surface area contributed by atoms with Gasteiger partial charge in [0.25, 0.3) is 0 Å². The first-order valence-corrected chi connectivity index (χ1v) is 4.20. The summed E-state index contributed by atoms with van der Waals surface area (Å²) in [5.74, 6) is 18.4. The normalized spacial score (nSPS) is 6.19. The van der Waals surface area contributed by atoms with Crippen molar-refractivity contribution in [3.05, 3.63) is 17.5 Å². The van der Waals surface area contributed by atoms with Gasteiger partial charge in [0.15, 0.2) is 0 Å². The van der Waals surface area contributed by atoms with E-state index in [1.807, 2.05) is 0 Å². The minimum absolute atomic E-state index is 0. The summed E-state index contributed by atoms with van der Waals surface area (Å²) in [6, 6.07) is 0. The monoisotopic (exact) mass is 326 g/mol. The van der Waals surface area contributed by atoms with Gasteiger partial charge in [0.1, 0.15) is 15.3 Å². The largest absolute Gasteiger partial charge is 3.00 e. The molecule has 0 aliphatic carbocycles. The standard InChI is InChI=1S/3CH4N3S.Fe/c3*2-1(5)4-3;/h3*3H,(H3,2,4,5);/q3*-1;+3. The SMILES string of the molecule is [Fe+3].[NH-]NC(N)=S.[NH-]NC(N)=S.[NH-]NC(N)=S. The molecule has 12 N–H and O–H groups in total. The fourth-order valence-corrected chi connectivity index (χ4v) is 0. The van der Waals surface area contributed by atoms with E-state index in [-0.39, 0.29) is 32.4 Å². The molecule has 13 heteroatoms. The molecule has 0 aromatic carbocycles. The van der Waals surface area contributed by atoms with Crippen molar-refractivity contribution in [2.75, 3.05) is 0 Å². The van der Waals surface area contributed by atoms with Crippen LogP contribution in [-0.4, -0.2) is 15.3 Å². The van der Waals surface area contributed by atoms with Crippen molar-refractivity contribution in [2.24, 2.45) is 17.2 Å². The van der Waals surface area contributed by atoms with E-state index < -0.39 is 0 Å². The predicted molar refractivity (Wildman–Crippen MR) is 72.7 cm³/mol. The number of nitrogens with two attached hydrogens (primary N) is 3. The van der Waals surface area contributed by atoms with Crippen LogP contribution in [0.15, 0.2) is 0 Å². The van der Waals surface area contributed by atoms with Gasteiger partial charge in [0.05, 0.1) is 0 Å². The van der Waals surface area contributed by atoms with E-state index in [4.69, 9.17) is 34.7 Å². The average Bonchev–Trinajstić information content (AvgIpc) is 2.19. The van der Waals surface area contributed by atoms with Crippen molar-refractivity contribution < 1.29 is 17.1 Å². The van der Waals surface area contributed by atoms with Crippen molar-refractivity contribution in [2.45, 2.75) is 0 Å². The Morgan fingerprint density at radius 3 is 0.750 bits per heavy atom. The fraction of sp³-hybridized carbons (Fsp3) is 0. The van der Waals surface area contributed by atoms with Gasteiger partial charge >= 0.3 is 17.1 Å². The Labute approximate surface area is 120 Å². The number of nitrogens with one attached hydrogen (secondary N) is 6. The number of hydrogen-bond donors (Lipinski definition) is 6. The van der Waals surface area contributed by atoms with E-state index >= 15 is 0 Å². The Balaban J connectivity index is -0.0000000655. The second kappa shape index (κ2) is 20.0. The molecule has 0 amide bonds. The third kappa shape index (κ3) is 70.0. The molecule has 0 heterocycles. The summed E-state index contributed by atoms with van der Waals surface area (Å²) in [6.07, 6.45) is 0. The van der Waals surface area contributed by atoms with Crippen LogP contribution in [0, 0.1) is 0 Å². The molecule has 0 aromatic rings. The second-order valence-electron chi connectivity index (χ2n) is 1.47. The second-order valence-corrected chi connectivity index (χ2v) is 2.79. The summed E-state index contributed by atoms with van der Waals surface area (Å²) < 4.78 is 0. The van der Waals surface area contributed by atoms with Gasteiger partial charge in [-0.2, -0.15) is 0 Å². The molecule has 0 rings (SSSR count). The maximum absolute atomic E-state index is 6.14. The minimum atomic E-state index is 0. The molecule has 0 bridgehead atoms. The van der Waals surface area contributed by atoms with E-state index in [9.17, 15) is 0 Å². The molecular weight excluding hydrogens is 314 g/mol. The van der Waals surface area contributed by atoms with Crippen molar-refractivity contribution >= 4 is 52.0 Å². The quantitative estimate of drug-likeness (QED) is 0.191. The van der Waals surface area contributed by atoms with Crippen LogP contribution < -0.4 is 33.5 Å². The molecule has 0 fully saturated rings. The summed E-state index contributed by atoms with van der Waals surface area (Å²) in [6.45, 7) is 0. The fourth-order valence-electron chi connectivity index (χ4n) is 0. The van der Waals surface area contributed by atoms with E-state index in [1.165, 1.54) is 0 Å². The first kappa shape index (κ1) is 24.6. The molecule has 0 aliphatic rings. The van der Waals surface area contributed by atoms with E-state index in [1.54, 1.807) is 16.3 Å². The summed E-state index contributed by atoms with van der Waals surface area (Å²) in [7, 11) is 0. The van der Waals surface area contributed by atoms with Gasteiger partial charge in [-0.3, -0.25) is 0 Å². The summed E-state index contributed by atoms with van der Waals surface area (Å²) in [5.41, 5.74) is 19.5. The minimum Gasteiger partial charge on any atom is -0.584 e. The molecule has 0 saturated carbocycles. The Morgan fingerprint density at radius 2 is 0.750 bits per heavy atom. The summed E-state index contributed by atoms with van der Waals surface area (Å²) in [4.78, 5) is 0. The first-order valence-electron chi connectivity index (χ1n) is 2.98. The van der Waals surface area contributed by atoms with Crippen molar-refractivity contribution in [1.82, 2.24) is 16.3 Å². The zero-order valence-electron chi connectivity index (χ0n) is 7.81. The molecule has 0 saturated heterocycles. The van der Waals surface area contributed by atoms with Crippen LogP contribution in [0.4, 0.5) is 0 Å². The van der Waals surface area contributed by atoms with Gasteiger partial charge in [-0.1, -0.05) is 0 Å². The van der Waals surface area contributed by atoms with Gasteiger partial charge in [-0.15, -0.1) is 0 Å². The van der Waals surface area contributed by atoms with Gasteiger partial charge in [-0.05, 0) is 36.7 Å². The van der Waals surface area contributed by atoms with Gasteiger partial charge < -0.3 is 51.0 Å². The van der Waals surface area contributed by atoms with Crippen LogP contribution in [0.5, 0.6) is 0 Å². The summed E-state index contributed by atoms with van der Waals surface area (Å²) in [5, 5.41) is 0.0139. The zero-order valence-corrected chi connectivity index (χ0v) is 11.4. The van der Waals surface area contributed by atoms with Crippen molar-refractivity contribution in [3.8, 4) is 0 Å². The Hall–Kier alpha value is -0.531. The van der Waals surface area contributed by atoms with Crippen molar-refractivity contribution in [3.63, 3.8) is 0 Å². The maximum Gasteiger partial charge on any atom is 3.00 e. The Bertz CT molecular complexity index is 165. The third-order valence-corrected chi connectivity index (χ3v) is 0.676. The van der Waals surface area contributed by atoms with E-state index in [2.05, 4.69) is 36.7 Å². The van der Waals surface area contributed by atoms with Crippen LogP contribution in [-0.2, 0) is 17.1 Å². The Kier molecular flexibility index (Phi) is 30.7. The molecule has 95 valence electrons. The molecule has 9 nitrogen and oxygen atoms in total. The smallest absolute Gasteiger partial charge is 0.584 e. The molecule has 0 aromatic heterocycles. The van der Waals surface area contributed by atoms with Crippen LogP contribution in [0.2, 0.25) is 0 Å². The van der Waals surface area contributed by atoms with Gasteiger partial charge in [0.2, 0.25) is 0 Å². The average molecular weight is 326 g/mol. The van der Waals surface area contributed by atoms with Crippen LogP contribution in [0.25, 0.3) is 17.5 Å². The number of thiocarbonyl (C=S) groups is 3. The number of hydrogen-bond acceptors (Lipinski definition) is 3. The predicted octanol–water partition coefficient (Wildman–Crippen LogP) is -0.642. The number of rotatable bonds is 0.